The lowest BCUT2D eigenvalue weighted by Gasteiger charge is -2.37. The van der Waals surface area contributed by atoms with Crippen LogP contribution in [0.25, 0.3) is 0 Å². The molecule has 1 saturated heterocycles. The highest BCUT2D eigenvalue weighted by Crippen LogP contribution is 2.27. The van der Waals surface area contributed by atoms with Gasteiger partial charge in [0, 0.05) is 18.7 Å². The van der Waals surface area contributed by atoms with E-state index >= 15 is 0 Å². The smallest absolute Gasteiger partial charge is 0.161 e. The van der Waals surface area contributed by atoms with Crippen molar-refractivity contribution in [3.05, 3.63) is 23.8 Å². The third-order valence-electron chi connectivity index (χ3n) is 3.13. The maximum atomic E-state index is 9.61. The molecular formula is C14H19NO3S. The molecule has 0 saturated carbocycles. The van der Waals surface area contributed by atoms with Gasteiger partial charge in [-0.2, -0.15) is 0 Å². The summed E-state index contributed by atoms with van der Waals surface area (Å²) in [4.78, 5) is 2.90. The molecular weight excluding hydrogens is 262 g/mol. The molecule has 0 bridgehead atoms. The summed E-state index contributed by atoms with van der Waals surface area (Å²) in [7, 11) is 1.53. The molecule has 1 heterocycles. The molecule has 2 atom stereocenters. The minimum Gasteiger partial charge on any atom is -0.504 e. The monoisotopic (exact) mass is 281 g/mol. The third kappa shape index (κ3) is 3.16. The third-order valence-corrected chi connectivity index (χ3v) is 3.63. The number of hydrogen-bond donors (Lipinski definition) is 1. The van der Waals surface area contributed by atoms with Crippen molar-refractivity contribution >= 4 is 17.2 Å². The van der Waals surface area contributed by atoms with Gasteiger partial charge in [0.05, 0.1) is 19.3 Å². The van der Waals surface area contributed by atoms with Gasteiger partial charge in [-0.1, -0.05) is 12.2 Å². The fourth-order valence-corrected chi connectivity index (χ4v) is 2.61. The van der Waals surface area contributed by atoms with Crippen LogP contribution in [0.4, 0.5) is 0 Å². The lowest BCUT2D eigenvalue weighted by molar-refractivity contribution is -0.0472. The largest absolute Gasteiger partial charge is 0.504 e. The quantitative estimate of drug-likeness (QED) is 0.842. The first-order chi connectivity index (χ1) is 9.01. The summed E-state index contributed by atoms with van der Waals surface area (Å²) < 4.78 is 10.8. The fourth-order valence-electron chi connectivity index (χ4n) is 2.34. The van der Waals surface area contributed by atoms with Crippen LogP contribution in [0.1, 0.15) is 19.4 Å². The van der Waals surface area contributed by atoms with E-state index in [4.69, 9.17) is 21.7 Å². The minimum absolute atomic E-state index is 0.123. The molecule has 1 aromatic rings. The number of morpholine rings is 1. The average Bonchev–Trinajstić information content (AvgIpc) is 2.37. The summed E-state index contributed by atoms with van der Waals surface area (Å²) in [6.07, 6.45) is 0.335. The van der Waals surface area contributed by atoms with Crippen LogP contribution in [-0.4, -0.2) is 47.4 Å². The van der Waals surface area contributed by atoms with E-state index in [1.54, 1.807) is 12.1 Å². The molecule has 19 heavy (non-hydrogen) atoms. The van der Waals surface area contributed by atoms with Crippen molar-refractivity contribution < 1.29 is 14.6 Å². The summed E-state index contributed by atoms with van der Waals surface area (Å²) in [5.74, 6) is 0.562. The van der Waals surface area contributed by atoms with Crippen molar-refractivity contribution in [3.8, 4) is 11.5 Å². The molecule has 0 aromatic heterocycles. The van der Waals surface area contributed by atoms with E-state index in [0.717, 1.165) is 23.6 Å². The zero-order chi connectivity index (χ0) is 14.0. The lowest BCUT2D eigenvalue weighted by Crippen LogP contribution is -2.47. The second-order valence-corrected chi connectivity index (χ2v) is 5.24. The van der Waals surface area contributed by atoms with Gasteiger partial charge in [-0.05, 0) is 32.0 Å². The topological polar surface area (TPSA) is 41.9 Å². The van der Waals surface area contributed by atoms with E-state index < -0.39 is 0 Å². The van der Waals surface area contributed by atoms with Gasteiger partial charge in [0.15, 0.2) is 11.5 Å². The zero-order valence-electron chi connectivity index (χ0n) is 11.4. The molecule has 0 radical (unpaired) electrons. The fraction of sp³-hybridized carbons (Fsp3) is 0.500. The van der Waals surface area contributed by atoms with Crippen LogP contribution in [0.3, 0.4) is 0 Å². The van der Waals surface area contributed by atoms with Crippen LogP contribution >= 0.6 is 12.2 Å². The number of benzene rings is 1. The molecule has 1 aromatic carbocycles. The van der Waals surface area contributed by atoms with E-state index in [-0.39, 0.29) is 18.0 Å². The number of phenolic OH excluding ortho intramolecular Hbond substituents is 1. The SMILES string of the molecule is COc1cc(C(=S)N2C[C@@H](C)O[C@H](C)C2)ccc1O. The van der Waals surface area contributed by atoms with Crippen molar-refractivity contribution in [1.29, 1.82) is 0 Å². The Labute approximate surface area is 118 Å². The molecule has 0 spiro atoms. The molecule has 2 rings (SSSR count). The number of ether oxygens (including phenoxy) is 2. The Balaban J connectivity index is 2.19. The highest BCUT2D eigenvalue weighted by molar-refractivity contribution is 7.80. The molecule has 4 nitrogen and oxygen atoms in total. The van der Waals surface area contributed by atoms with Crippen molar-refractivity contribution in [2.24, 2.45) is 0 Å². The van der Waals surface area contributed by atoms with Gasteiger partial charge in [-0.3, -0.25) is 0 Å². The van der Waals surface area contributed by atoms with Crippen LogP contribution < -0.4 is 4.74 Å². The number of hydrogen-bond acceptors (Lipinski definition) is 4. The lowest BCUT2D eigenvalue weighted by atomic mass is 10.1. The molecule has 1 N–H and O–H groups in total. The van der Waals surface area contributed by atoms with Crippen molar-refractivity contribution in [2.75, 3.05) is 20.2 Å². The Morgan fingerprint density at radius 1 is 1.37 bits per heavy atom. The first-order valence-corrected chi connectivity index (χ1v) is 6.74. The summed E-state index contributed by atoms with van der Waals surface area (Å²) in [5.41, 5.74) is 0.881. The number of aromatic hydroxyl groups is 1. The maximum absolute atomic E-state index is 9.61. The van der Waals surface area contributed by atoms with Gasteiger partial charge in [-0.15, -0.1) is 0 Å². The first-order valence-electron chi connectivity index (χ1n) is 6.33. The first kappa shape index (κ1) is 14.1. The number of nitrogens with zero attached hydrogens (tertiary/aromatic N) is 1. The number of methoxy groups -OCH3 is 1. The maximum Gasteiger partial charge on any atom is 0.161 e. The summed E-state index contributed by atoms with van der Waals surface area (Å²) in [5, 5.41) is 9.61. The van der Waals surface area contributed by atoms with Crippen LogP contribution in [0.2, 0.25) is 0 Å². The number of rotatable bonds is 2. The zero-order valence-corrected chi connectivity index (χ0v) is 12.2. The second kappa shape index (κ2) is 5.75. The van der Waals surface area contributed by atoms with Crippen molar-refractivity contribution in [2.45, 2.75) is 26.1 Å². The molecule has 1 aliphatic heterocycles. The molecule has 0 amide bonds. The molecule has 5 heteroatoms. The van der Waals surface area contributed by atoms with E-state index in [2.05, 4.69) is 4.90 Å². The van der Waals surface area contributed by atoms with E-state index in [1.807, 2.05) is 19.9 Å². The summed E-state index contributed by atoms with van der Waals surface area (Å²) >= 11 is 5.53. The van der Waals surface area contributed by atoms with E-state index in [0.29, 0.717) is 5.75 Å². The highest BCUT2D eigenvalue weighted by atomic mass is 32.1. The molecule has 1 aliphatic rings. The summed E-state index contributed by atoms with van der Waals surface area (Å²) in [6.45, 7) is 5.66. The predicted octanol–water partition coefficient (Wildman–Crippen LogP) is 2.19. The van der Waals surface area contributed by atoms with Crippen LogP contribution in [0.15, 0.2) is 18.2 Å². The molecule has 0 unspecified atom stereocenters. The Kier molecular flexibility index (Phi) is 4.27. The summed E-state index contributed by atoms with van der Waals surface area (Å²) in [6, 6.07) is 5.18. The van der Waals surface area contributed by atoms with Crippen LogP contribution in [-0.2, 0) is 4.74 Å². The predicted molar refractivity (Wildman–Crippen MR) is 77.9 cm³/mol. The van der Waals surface area contributed by atoms with Gasteiger partial charge in [-0.25, -0.2) is 0 Å². The molecule has 104 valence electrons. The Hall–Kier alpha value is -1.33. The highest BCUT2D eigenvalue weighted by Gasteiger charge is 2.24. The molecule has 1 fully saturated rings. The van der Waals surface area contributed by atoms with Crippen molar-refractivity contribution in [3.63, 3.8) is 0 Å². The van der Waals surface area contributed by atoms with E-state index in [9.17, 15) is 5.11 Å². The normalized spacial score (nSPS) is 23.2. The second-order valence-electron chi connectivity index (χ2n) is 4.85. The number of phenols is 1. The average molecular weight is 281 g/mol. The van der Waals surface area contributed by atoms with Crippen LogP contribution in [0.5, 0.6) is 11.5 Å². The number of thiocarbonyl (C=S) groups is 1. The Morgan fingerprint density at radius 2 is 2.00 bits per heavy atom. The minimum atomic E-state index is 0.123. The van der Waals surface area contributed by atoms with Gasteiger partial charge < -0.3 is 19.5 Å². The van der Waals surface area contributed by atoms with E-state index in [1.165, 1.54) is 7.11 Å². The van der Waals surface area contributed by atoms with Gasteiger partial charge in [0.1, 0.15) is 4.99 Å². The molecule has 0 aliphatic carbocycles. The standard InChI is InChI=1S/C14H19NO3S/c1-9-7-15(8-10(2)18-9)14(19)11-4-5-12(16)13(6-11)17-3/h4-6,9-10,16H,7-8H2,1-3H3/t9-,10-/m1/s1. The van der Waals surface area contributed by atoms with Gasteiger partial charge >= 0.3 is 0 Å². The van der Waals surface area contributed by atoms with Gasteiger partial charge in [0.25, 0.3) is 0 Å². The van der Waals surface area contributed by atoms with Gasteiger partial charge in [0.2, 0.25) is 0 Å². The Bertz CT molecular complexity index is 468. The van der Waals surface area contributed by atoms with Crippen LogP contribution in [0, 0.1) is 0 Å². The Morgan fingerprint density at radius 3 is 2.58 bits per heavy atom. The van der Waals surface area contributed by atoms with Crippen molar-refractivity contribution in [1.82, 2.24) is 4.90 Å².